The van der Waals surface area contributed by atoms with Crippen LogP contribution >= 0.6 is 22.9 Å². The molecule has 2 aromatic rings. The van der Waals surface area contributed by atoms with Crippen molar-refractivity contribution >= 4 is 38.7 Å². The van der Waals surface area contributed by atoms with Gasteiger partial charge in [-0.05, 0) is 36.1 Å². The van der Waals surface area contributed by atoms with Crippen LogP contribution in [0.3, 0.4) is 0 Å². The monoisotopic (exact) mass is 387 g/mol. The van der Waals surface area contributed by atoms with Crippen molar-refractivity contribution in [3.8, 4) is 0 Å². The van der Waals surface area contributed by atoms with Gasteiger partial charge in [0.05, 0.1) is 21.6 Å². The fourth-order valence-electron chi connectivity index (χ4n) is 2.77. The van der Waals surface area contributed by atoms with E-state index >= 15 is 0 Å². The topological polar surface area (TPSA) is 54.5 Å². The molecule has 0 N–H and O–H groups in total. The molecule has 2 heterocycles. The minimum atomic E-state index is -3.32. The van der Waals surface area contributed by atoms with Crippen LogP contribution in [0, 0.1) is 5.82 Å². The minimum Gasteiger partial charge on any atom is -0.338 e. The molecule has 1 aromatic heterocycles. The van der Waals surface area contributed by atoms with E-state index in [1.807, 2.05) is 11.4 Å². The zero-order chi connectivity index (χ0) is 17.3. The molecule has 24 heavy (non-hydrogen) atoms. The highest BCUT2D eigenvalue weighted by Gasteiger charge is 2.33. The number of carbonyl (C=O) groups excluding carboxylic acids is 1. The molecule has 0 spiro atoms. The predicted molar refractivity (Wildman–Crippen MR) is 92.8 cm³/mol. The SMILES string of the molecule is O=C(c1ccc(F)cc1Cl)N1CC[C@@H](c2cccs2)S(=O)(=O)CC1. The first-order chi connectivity index (χ1) is 11.4. The first-order valence-corrected chi connectivity index (χ1v) is 10.3. The van der Waals surface area contributed by atoms with Gasteiger partial charge in [0.25, 0.3) is 5.91 Å². The summed E-state index contributed by atoms with van der Waals surface area (Å²) in [6.45, 7) is 0.422. The largest absolute Gasteiger partial charge is 0.338 e. The van der Waals surface area contributed by atoms with Crippen molar-refractivity contribution in [3.05, 3.63) is 57.0 Å². The molecule has 1 fully saturated rings. The molecule has 1 amide bonds. The first kappa shape index (κ1) is 17.4. The summed E-state index contributed by atoms with van der Waals surface area (Å²) < 4.78 is 38.2. The van der Waals surface area contributed by atoms with Crippen molar-refractivity contribution in [3.63, 3.8) is 0 Å². The third kappa shape index (κ3) is 3.48. The van der Waals surface area contributed by atoms with Gasteiger partial charge in [0.15, 0.2) is 9.84 Å². The summed E-state index contributed by atoms with van der Waals surface area (Å²) in [7, 11) is -3.32. The summed E-state index contributed by atoms with van der Waals surface area (Å²) in [5.41, 5.74) is 0.185. The van der Waals surface area contributed by atoms with Crippen LogP contribution in [-0.2, 0) is 9.84 Å². The molecule has 3 rings (SSSR count). The number of halogens is 2. The van der Waals surface area contributed by atoms with E-state index in [9.17, 15) is 17.6 Å². The summed E-state index contributed by atoms with van der Waals surface area (Å²) in [6, 6.07) is 7.21. The summed E-state index contributed by atoms with van der Waals surface area (Å²) in [6.07, 6.45) is 0.341. The second-order valence-corrected chi connectivity index (χ2v) is 9.27. The normalized spacial score (nSPS) is 20.6. The number of hydrogen-bond donors (Lipinski definition) is 0. The van der Waals surface area contributed by atoms with Crippen LogP contribution in [-0.4, -0.2) is 38.1 Å². The highest BCUT2D eigenvalue weighted by atomic mass is 35.5. The molecular weight excluding hydrogens is 373 g/mol. The molecule has 0 bridgehead atoms. The number of nitrogens with zero attached hydrogens (tertiary/aromatic N) is 1. The third-order valence-corrected chi connectivity index (χ3v) is 7.61. The number of benzene rings is 1. The number of amides is 1. The number of thiophene rings is 1. The van der Waals surface area contributed by atoms with Gasteiger partial charge in [0, 0.05) is 18.0 Å². The smallest absolute Gasteiger partial charge is 0.255 e. The van der Waals surface area contributed by atoms with Gasteiger partial charge >= 0.3 is 0 Å². The molecule has 128 valence electrons. The zero-order valence-corrected chi connectivity index (χ0v) is 15.0. The highest BCUT2D eigenvalue weighted by molar-refractivity contribution is 7.91. The number of sulfone groups is 1. The van der Waals surface area contributed by atoms with Gasteiger partial charge in [-0.2, -0.15) is 0 Å². The van der Waals surface area contributed by atoms with E-state index in [4.69, 9.17) is 11.6 Å². The van der Waals surface area contributed by atoms with Crippen LogP contribution in [0.25, 0.3) is 0 Å². The third-order valence-electron chi connectivity index (χ3n) is 4.05. The first-order valence-electron chi connectivity index (χ1n) is 7.38. The molecule has 0 radical (unpaired) electrons. The van der Waals surface area contributed by atoms with Gasteiger partial charge in [0.2, 0.25) is 0 Å². The molecule has 0 saturated carbocycles. The quantitative estimate of drug-likeness (QED) is 0.791. The standard InChI is InChI=1S/C16H15ClFNO3S2/c17-13-10-11(18)3-4-12(13)16(20)19-6-5-15(14-2-1-8-23-14)24(21,22)9-7-19/h1-4,8,10,15H,5-7,9H2/t15-/m0/s1. The van der Waals surface area contributed by atoms with Gasteiger partial charge in [0.1, 0.15) is 5.82 Å². The van der Waals surface area contributed by atoms with Gasteiger partial charge in [-0.25, -0.2) is 12.8 Å². The average molecular weight is 388 g/mol. The summed E-state index contributed by atoms with van der Waals surface area (Å²) >= 11 is 7.35. The number of carbonyl (C=O) groups is 1. The Balaban J connectivity index is 1.83. The molecule has 0 unspecified atom stereocenters. The van der Waals surface area contributed by atoms with Gasteiger partial charge in [-0.3, -0.25) is 4.79 Å². The van der Waals surface area contributed by atoms with Gasteiger partial charge in [-0.15, -0.1) is 11.3 Å². The summed E-state index contributed by atoms with van der Waals surface area (Å²) in [5, 5.41) is 1.29. The molecule has 1 atom stereocenters. The van der Waals surface area contributed by atoms with Crippen LogP contribution < -0.4 is 0 Å². The fourth-order valence-corrected chi connectivity index (χ4v) is 6.03. The molecule has 1 aliphatic heterocycles. The molecule has 0 aliphatic carbocycles. The van der Waals surface area contributed by atoms with Gasteiger partial charge < -0.3 is 4.90 Å². The van der Waals surface area contributed by atoms with Crippen molar-refractivity contribution in [1.29, 1.82) is 0 Å². The molecule has 8 heteroatoms. The van der Waals surface area contributed by atoms with E-state index in [1.54, 1.807) is 6.07 Å². The van der Waals surface area contributed by atoms with Crippen molar-refractivity contribution in [1.82, 2.24) is 4.90 Å². The second-order valence-electron chi connectivity index (χ2n) is 5.58. The molecule has 1 aliphatic rings. The highest BCUT2D eigenvalue weighted by Crippen LogP contribution is 2.33. The second kappa shape index (κ2) is 6.82. The van der Waals surface area contributed by atoms with Crippen LogP contribution in [0.15, 0.2) is 35.7 Å². The van der Waals surface area contributed by atoms with Crippen molar-refractivity contribution < 1.29 is 17.6 Å². The van der Waals surface area contributed by atoms with Crippen molar-refractivity contribution in [2.45, 2.75) is 11.7 Å². The molecule has 1 saturated heterocycles. The fraction of sp³-hybridized carbons (Fsp3) is 0.312. The van der Waals surface area contributed by atoms with Crippen LogP contribution in [0.5, 0.6) is 0 Å². The van der Waals surface area contributed by atoms with E-state index < -0.39 is 20.9 Å². The Kier molecular flexibility index (Phi) is 4.94. The molecule has 4 nitrogen and oxygen atoms in total. The Hall–Kier alpha value is -1.44. The Bertz CT molecular complexity index is 852. The van der Waals surface area contributed by atoms with Crippen LogP contribution in [0.2, 0.25) is 5.02 Å². The van der Waals surface area contributed by atoms with Crippen LogP contribution in [0.1, 0.15) is 26.9 Å². The Morgan fingerprint density at radius 1 is 1.29 bits per heavy atom. The van der Waals surface area contributed by atoms with E-state index in [2.05, 4.69) is 0 Å². The Morgan fingerprint density at radius 2 is 2.08 bits per heavy atom. The summed E-state index contributed by atoms with van der Waals surface area (Å²) in [4.78, 5) is 14.9. The van der Waals surface area contributed by atoms with Crippen molar-refractivity contribution in [2.75, 3.05) is 18.8 Å². The summed E-state index contributed by atoms with van der Waals surface area (Å²) in [5.74, 6) is -0.991. The van der Waals surface area contributed by atoms with E-state index in [1.165, 1.54) is 28.4 Å². The van der Waals surface area contributed by atoms with E-state index in [-0.39, 0.29) is 28.8 Å². The average Bonchev–Trinajstić information content (AvgIpc) is 2.98. The minimum absolute atomic E-state index is 0.0295. The predicted octanol–water partition coefficient (Wildman–Crippen LogP) is 3.54. The lowest BCUT2D eigenvalue weighted by Crippen LogP contribution is -2.33. The molecule has 1 aromatic carbocycles. The van der Waals surface area contributed by atoms with E-state index in [0.29, 0.717) is 13.0 Å². The lowest BCUT2D eigenvalue weighted by atomic mass is 10.1. The van der Waals surface area contributed by atoms with Gasteiger partial charge in [-0.1, -0.05) is 17.7 Å². The zero-order valence-electron chi connectivity index (χ0n) is 12.6. The number of hydrogen-bond acceptors (Lipinski definition) is 4. The Morgan fingerprint density at radius 3 is 2.75 bits per heavy atom. The lowest BCUT2D eigenvalue weighted by Gasteiger charge is -2.20. The Labute approximate surface area is 148 Å². The maximum absolute atomic E-state index is 13.1. The van der Waals surface area contributed by atoms with Crippen molar-refractivity contribution in [2.24, 2.45) is 0 Å². The van der Waals surface area contributed by atoms with Crippen LogP contribution in [0.4, 0.5) is 4.39 Å². The molecular formula is C16H15ClFNO3S2. The maximum Gasteiger partial charge on any atom is 0.255 e. The number of rotatable bonds is 2. The maximum atomic E-state index is 13.1. The van der Waals surface area contributed by atoms with E-state index in [0.717, 1.165) is 10.9 Å². The lowest BCUT2D eigenvalue weighted by molar-refractivity contribution is 0.0767.